The van der Waals surface area contributed by atoms with Crippen LogP contribution in [0, 0.1) is 0 Å². The summed E-state index contributed by atoms with van der Waals surface area (Å²) in [5, 5.41) is 5.35. The molecule has 23 heavy (non-hydrogen) atoms. The molecule has 2 rings (SSSR count). The van der Waals surface area contributed by atoms with Crippen LogP contribution in [0.15, 0.2) is 28.7 Å². The summed E-state index contributed by atoms with van der Waals surface area (Å²) in [6.07, 6.45) is 1.46. The van der Waals surface area contributed by atoms with Gasteiger partial charge in [-0.25, -0.2) is 0 Å². The molecular formula is C16H20BrN3O3. The van der Waals surface area contributed by atoms with Crippen LogP contribution in [0.5, 0.6) is 0 Å². The third-order valence-corrected chi connectivity index (χ3v) is 4.31. The van der Waals surface area contributed by atoms with Gasteiger partial charge in [0, 0.05) is 24.5 Å². The predicted molar refractivity (Wildman–Crippen MR) is 89.4 cm³/mol. The average Bonchev–Trinajstić information content (AvgIpc) is 3.02. The Kier molecular flexibility index (Phi) is 6.15. The van der Waals surface area contributed by atoms with Crippen molar-refractivity contribution in [2.75, 3.05) is 13.1 Å². The number of likely N-dealkylation sites (tertiary alicyclic amines) is 1. The van der Waals surface area contributed by atoms with E-state index in [9.17, 15) is 14.4 Å². The number of rotatable bonds is 5. The molecule has 1 aliphatic heterocycles. The first-order valence-corrected chi connectivity index (χ1v) is 8.32. The first-order chi connectivity index (χ1) is 11.0. The van der Waals surface area contributed by atoms with E-state index in [0.717, 1.165) is 16.5 Å². The molecule has 1 aliphatic rings. The molecule has 124 valence electrons. The molecule has 0 spiro atoms. The quantitative estimate of drug-likeness (QED) is 0.803. The monoisotopic (exact) mass is 381 g/mol. The van der Waals surface area contributed by atoms with E-state index in [-0.39, 0.29) is 24.3 Å². The fourth-order valence-corrected chi connectivity index (χ4v) is 2.83. The lowest BCUT2D eigenvalue weighted by atomic mass is 10.2. The minimum absolute atomic E-state index is 0.0857. The van der Waals surface area contributed by atoms with Crippen LogP contribution in [0.25, 0.3) is 0 Å². The van der Waals surface area contributed by atoms with Crippen molar-refractivity contribution in [2.45, 2.75) is 32.4 Å². The van der Waals surface area contributed by atoms with Crippen LogP contribution in [0.2, 0.25) is 0 Å². The number of nitrogens with zero attached hydrogens (tertiary/aromatic N) is 1. The van der Waals surface area contributed by atoms with E-state index >= 15 is 0 Å². The molecule has 1 atom stereocenters. The van der Waals surface area contributed by atoms with Gasteiger partial charge in [-0.2, -0.15) is 0 Å². The Bertz CT molecular complexity index is 589. The van der Waals surface area contributed by atoms with Crippen LogP contribution >= 0.6 is 15.9 Å². The Hall–Kier alpha value is -1.89. The molecule has 0 aliphatic carbocycles. The predicted octanol–water partition coefficient (Wildman–Crippen LogP) is 1.19. The number of hydrogen-bond donors (Lipinski definition) is 2. The highest BCUT2D eigenvalue weighted by Crippen LogP contribution is 2.17. The highest BCUT2D eigenvalue weighted by atomic mass is 79.9. The maximum Gasteiger partial charge on any atom is 0.243 e. The second-order valence-electron chi connectivity index (χ2n) is 5.49. The van der Waals surface area contributed by atoms with Gasteiger partial charge in [0.05, 0.1) is 6.54 Å². The molecule has 7 heteroatoms. The Morgan fingerprint density at radius 2 is 1.91 bits per heavy atom. The smallest absolute Gasteiger partial charge is 0.243 e. The summed E-state index contributed by atoms with van der Waals surface area (Å²) in [5.74, 6) is -0.632. The van der Waals surface area contributed by atoms with Crippen molar-refractivity contribution < 1.29 is 14.4 Å². The van der Waals surface area contributed by atoms with Crippen molar-refractivity contribution >= 4 is 33.7 Å². The third kappa shape index (κ3) is 5.06. The van der Waals surface area contributed by atoms with Crippen molar-refractivity contribution in [3.63, 3.8) is 0 Å². The summed E-state index contributed by atoms with van der Waals surface area (Å²) >= 11 is 3.35. The van der Waals surface area contributed by atoms with Crippen molar-refractivity contribution in [3.8, 4) is 0 Å². The molecule has 2 N–H and O–H groups in total. The molecular weight excluding hydrogens is 362 g/mol. The van der Waals surface area contributed by atoms with Crippen LogP contribution in [-0.2, 0) is 20.9 Å². The van der Waals surface area contributed by atoms with E-state index < -0.39 is 6.04 Å². The van der Waals surface area contributed by atoms with E-state index in [0.29, 0.717) is 19.5 Å². The van der Waals surface area contributed by atoms with Gasteiger partial charge in [-0.1, -0.05) is 28.1 Å². The zero-order valence-corrected chi connectivity index (χ0v) is 14.6. The fraction of sp³-hybridized carbons (Fsp3) is 0.438. The first kappa shape index (κ1) is 17.5. The van der Waals surface area contributed by atoms with Crippen molar-refractivity contribution in [1.29, 1.82) is 0 Å². The minimum atomic E-state index is -0.452. The van der Waals surface area contributed by atoms with Gasteiger partial charge in [-0.15, -0.1) is 0 Å². The van der Waals surface area contributed by atoms with Crippen LogP contribution in [0.4, 0.5) is 0 Å². The summed E-state index contributed by atoms with van der Waals surface area (Å²) < 4.78 is 0.978. The van der Waals surface area contributed by atoms with Gasteiger partial charge in [0.15, 0.2) is 0 Å². The molecule has 1 aromatic rings. The molecule has 1 unspecified atom stereocenters. The summed E-state index contributed by atoms with van der Waals surface area (Å²) in [7, 11) is 0. The molecule has 0 bridgehead atoms. The largest absolute Gasteiger partial charge is 0.350 e. The highest BCUT2D eigenvalue weighted by Gasteiger charge is 2.32. The van der Waals surface area contributed by atoms with Crippen LogP contribution in [0.1, 0.15) is 25.3 Å². The zero-order valence-electron chi connectivity index (χ0n) is 13.0. The van der Waals surface area contributed by atoms with Crippen LogP contribution in [-0.4, -0.2) is 41.8 Å². The number of amides is 3. The van der Waals surface area contributed by atoms with Crippen molar-refractivity contribution in [3.05, 3.63) is 34.3 Å². The van der Waals surface area contributed by atoms with E-state index in [1.54, 1.807) is 4.90 Å². The number of halogens is 1. The Labute approximate surface area is 143 Å². The van der Waals surface area contributed by atoms with Crippen molar-refractivity contribution in [1.82, 2.24) is 15.5 Å². The summed E-state index contributed by atoms with van der Waals surface area (Å²) in [5.41, 5.74) is 0.978. The Morgan fingerprint density at radius 1 is 1.22 bits per heavy atom. The Balaban J connectivity index is 1.74. The van der Waals surface area contributed by atoms with Crippen molar-refractivity contribution in [2.24, 2.45) is 0 Å². The molecule has 1 heterocycles. The summed E-state index contributed by atoms with van der Waals surface area (Å²) in [6.45, 7) is 2.38. The van der Waals surface area contributed by atoms with Gasteiger partial charge in [-0.3, -0.25) is 14.4 Å². The Morgan fingerprint density at radius 3 is 2.57 bits per heavy atom. The molecule has 0 aromatic heterocycles. The van der Waals surface area contributed by atoms with E-state index in [4.69, 9.17) is 0 Å². The van der Waals surface area contributed by atoms with Gasteiger partial charge in [-0.05, 0) is 30.5 Å². The lowest BCUT2D eigenvalue weighted by molar-refractivity contribution is -0.137. The average molecular weight is 382 g/mol. The SMILES string of the molecule is CC(=O)N1CCCC1C(=O)NCC(=O)NCc1ccc(Br)cc1. The van der Waals surface area contributed by atoms with Gasteiger partial charge in [0.2, 0.25) is 17.7 Å². The zero-order chi connectivity index (χ0) is 16.8. The third-order valence-electron chi connectivity index (χ3n) is 3.79. The summed E-state index contributed by atoms with van der Waals surface area (Å²) in [4.78, 5) is 36.9. The highest BCUT2D eigenvalue weighted by molar-refractivity contribution is 9.10. The lowest BCUT2D eigenvalue weighted by Gasteiger charge is -2.22. The van der Waals surface area contributed by atoms with Gasteiger partial charge >= 0.3 is 0 Å². The fourth-order valence-electron chi connectivity index (χ4n) is 2.57. The van der Waals surface area contributed by atoms with Gasteiger partial charge in [0.25, 0.3) is 0 Å². The second-order valence-corrected chi connectivity index (χ2v) is 6.41. The molecule has 1 fully saturated rings. The van der Waals surface area contributed by atoms with Crippen LogP contribution in [0.3, 0.4) is 0 Å². The molecule has 0 radical (unpaired) electrons. The standard InChI is InChI=1S/C16H20BrN3O3/c1-11(21)20-8-2-3-14(20)16(23)19-10-15(22)18-9-12-4-6-13(17)7-5-12/h4-7,14H,2-3,8-10H2,1H3,(H,18,22)(H,19,23). The number of benzene rings is 1. The lowest BCUT2D eigenvalue weighted by Crippen LogP contribution is -2.47. The molecule has 1 saturated heterocycles. The summed E-state index contributed by atoms with van der Waals surface area (Å²) in [6, 6.07) is 7.17. The van der Waals surface area contributed by atoms with E-state index in [1.165, 1.54) is 6.92 Å². The number of carbonyl (C=O) groups excluding carboxylic acids is 3. The number of nitrogens with one attached hydrogen (secondary N) is 2. The van der Waals surface area contributed by atoms with Crippen LogP contribution < -0.4 is 10.6 Å². The molecule has 1 aromatic carbocycles. The minimum Gasteiger partial charge on any atom is -0.350 e. The normalized spacial score (nSPS) is 17.0. The molecule has 0 saturated carbocycles. The topological polar surface area (TPSA) is 78.5 Å². The maximum absolute atomic E-state index is 12.1. The molecule has 6 nitrogen and oxygen atoms in total. The van der Waals surface area contributed by atoms with Gasteiger partial charge < -0.3 is 15.5 Å². The molecule has 3 amide bonds. The second kappa shape index (κ2) is 8.10. The van der Waals surface area contributed by atoms with E-state index in [1.807, 2.05) is 24.3 Å². The number of carbonyl (C=O) groups is 3. The maximum atomic E-state index is 12.1. The first-order valence-electron chi connectivity index (χ1n) is 7.53. The van der Waals surface area contributed by atoms with Gasteiger partial charge in [0.1, 0.15) is 6.04 Å². The number of hydrogen-bond acceptors (Lipinski definition) is 3. The van der Waals surface area contributed by atoms with E-state index in [2.05, 4.69) is 26.6 Å².